The highest BCUT2D eigenvalue weighted by Gasteiger charge is 2.58. The third kappa shape index (κ3) is 1.63. The lowest BCUT2D eigenvalue weighted by atomic mass is 9.43. The van der Waals surface area contributed by atoms with Gasteiger partial charge in [-0.1, -0.05) is 6.92 Å². The Morgan fingerprint density at radius 2 is 2.00 bits per heavy atom. The van der Waals surface area contributed by atoms with Gasteiger partial charge in [0.2, 0.25) is 0 Å². The molecule has 0 radical (unpaired) electrons. The van der Waals surface area contributed by atoms with Crippen molar-refractivity contribution in [3.8, 4) is 0 Å². The molecule has 104 valence electrons. The molecule has 4 aliphatic rings. The number of rotatable bonds is 2. The van der Waals surface area contributed by atoms with E-state index in [1.807, 2.05) is 17.8 Å². The summed E-state index contributed by atoms with van der Waals surface area (Å²) in [5.41, 5.74) is 0.591. The summed E-state index contributed by atoms with van der Waals surface area (Å²) in [5, 5.41) is 11.0. The number of aliphatic hydroxyl groups excluding tert-OH is 1. The fraction of sp³-hybridized carbons (Fsp3) is 0.812. The third-order valence-corrected chi connectivity index (χ3v) is 6.08. The summed E-state index contributed by atoms with van der Waals surface area (Å²) in [5.74, 6) is 2.56. The molecule has 1 N–H and O–H groups in total. The lowest BCUT2D eigenvalue weighted by molar-refractivity contribution is -0.157. The smallest absolute Gasteiger partial charge is 0.137 e. The molecule has 1 aromatic heterocycles. The normalized spacial score (nSPS) is 45.6. The SMILES string of the molecule is Cn1ccnc1C(O)C12CC3CC(CC(C)(C3)C1)C2. The van der Waals surface area contributed by atoms with Crippen molar-refractivity contribution in [2.45, 2.75) is 51.6 Å². The van der Waals surface area contributed by atoms with Crippen molar-refractivity contribution in [2.75, 3.05) is 0 Å². The van der Waals surface area contributed by atoms with Gasteiger partial charge in [0.15, 0.2) is 0 Å². The van der Waals surface area contributed by atoms with Gasteiger partial charge >= 0.3 is 0 Å². The molecule has 0 saturated heterocycles. The first-order chi connectivity index (χ1) is 9.00. The van der Waals surface area contributed by atoms with Crippen LogP contribution in [0.15, 0.2) is 12.4 Å². The van der Waals surface area contributed by atoms with E-state index in [4.69, 9.17) is 0 Å². The van der Waals surface area contributed by atoms with Crippen molar-refractivity contribution >= 4 is 0 Å². The average molecular weight is 260 g/mol. The van der Waals surface area contributed by atoms with Crippen LogP contribution in [-0.4, -0.2) is 14.7 Å². The topological polar surface area (TPSA) is 38.0 Å². The van der Waals surface area contributed by atoms with Crippen molar-refractivity contribution in [2.24, 2.45) is 29.7 Å². The predicted molar refractivity (Wildman–Crippen MR) is 73.4 cm³/mol. The van der Waals surface area contributed by atoms with Crippen molar-refractivity contribution < 1.29 is 5.11 Å². The maximum Gasteiger partial charge on any atom is 0.137 e. The van der Waals surface area contributed by atoms with Crippen molar-refractivity contribution in [3.05, 3.63) is 18.2 Å². The molecule has 3 unspecified atom stereocenters. The van der Waals surface area contributed by atoms with E-state index in [1.165, 1.54) is 38.5 Å². The van der Waals surface area contributed by atoms with Gasteiger partial charge in [0.1, 0.15) is 11.9 Å². The molecule has 5 rings (SSSR count). The van der Waals surface area contributed by atoms with Crippen LogP contribution < -0.4 is 0 Å². The number of imidazole rings is 1. The summed E-state index contributed by atoms with van der Waals surface area (Å²) in [6.07, 6.45) is 11.2. The molecule has 3 heteroatoms. The van der Waals surface area contributed by atoms with Crippen LogP contribution in [0.3, 0.4) is 0 Å². The van der Waals surface area contributed by atoms with Crippen LogP contribution in [0, 0.1) is 22.7 Å². The monoisotopic (exact) mass is 260 g/mol. The van der Waals surface area contributed by atoms with E-state index in [0.29, 0.717) is 5.41 Å². The maximum atomic E-state index is 11.0. The highest BCUT2D eigenvalue weighted by atomic mass is 16.3. The molecule has 4 bridgehead atoms. The van der Waals surface area contributed by atoms with E-state index in [0.717, 1.165) is 17.7 Å². The molecule has 0 amide bonds. The lowest BCUT2D eigenvalue weighted by Crippen LogP contribution is -2.53. The van der Waals surface area contributed by atoms with Gasteiger partial charge in [0.25, 0.3) is 0 Å². The Morgan fingerprint density at radius 3 is 2.53 bits per heavy atom. The van der Waals surface area contributed by atoms with E-state index >= 15 is 0 Å². The van der Waals surface area contributed by atoms with Gasteiger partial charge in [-0.25, -0.2) is 4.98 Å². The van der Waals surface area contributed by atoms with Crippen LogP contribution in [0.2, 0.25) is 0 Å². The first-order valence-corrected chi connectivity index (χ1v) is 7.65. The summed E-state index contributed by atoms with van der Waals surface area (Å²) in [4.78, 5) is 4.41. The molecule has 4 fully saturated rings. The molecule has 4 aliphatic carbocycles. The molecular formula is C16H24N2O. The van der Waals surface area contributed by atoms with Gasteiger partial charge in [-0.3, -0.25) is 0 Å². The quantitative estimate of drug-likeness (QED) is 0.887. The van der Waals surface area contributed by atoms with Crippen LogP contribution in [0.1, 0.15) is 57.4 Å². The summed E-state index contributed by atoms with van der Waals surface area (Å²) >= 11 is 0. The minimum atomic E-state index is -0.377. The van der Waals surface area contributed by atoms with Crippen molar-refractivity contribution in [1.82, 2.24) is 9.55 Å². The number of aliphatic hydroxyl groups is 1. The van der Waals surface area contributed by atoms with Crippen LogP contribution in [0.5, 0.6) is 0 Å². The molecule has 3 nitrogen and oxygen atoms in total. The Labute approximate surface area is 115 Å². The van der Waals surface area contributed by atoms with Crippen LogP contribution >= 0.6 is 0 Å². The number of nitrogens with zero attached hydrogens (tertiary/aromatic N) is 2. The Morgan fingerprint density at radius 1 is 1.32 bits per heavy atom. The van der Waals surface area contributed by atoms with Gasteiger partial charge < -0.3 is 9.67 Å². The number of aromatic nitrogens is 2. The van der Waals surface area contributed by atoms with Crippen LogP contribution in [0.4, 0.5) is 0 Å². The molecule has 0 spiro atoms. The second kappa shape index (κ2) is 3.63. The van der Waals surface area contributed by atoms with E-state index in [2.05, 4.69) is 11.9 Å². The van der Waals surface area contributed by atoms with Crippen molar-refractivity contribution in [1.29, 1.82) is 0 Å². The lowest BCUT2D eigenvalue weighted by Gasteiger charge is -2.62. The summed E-state index contributed by atoms with van der Waals surface area (Å²) < 4.78 is 1.99. The minimum absolute atomic E-state index is 0.109. The Kier molecular flexibility index (Phi) is 2.28. The molecular weight excluding hydrogens is 236 g/mol. The highest BCUT2D eigenvalue weighted by Crippen LogP contribution is 2.68. The zero-order valence-electron chi connectivity index (χ0n) is 12.0. The summed E-state index contributed by atoms with van der Waals surface area (Å²) in [6, 6.07) is 0. The molecule has 0 aromatic carbocycles. The third-order valence-electron chi connectivity index (χ3n) is 6.08. The van der Waals surface area contributed by atoms with Crippen LogP contribution in [0.25, 0.3) is 0 Å². The Hall–Kier alpha value is -0.830. The van der Waals surface area contributed by atoms with Crippen LogP contribution in [-0.2, 0) is 7.05 Å². The zero-order chi connectivity index (χ0) is 13.3. The molecule has 1 aromatic rings. The highest BCUT2D eigenvalue weighted by molar-refractivity contribution is 5.12. The molecule has 0 aliphatic heterocycles. The fourth-order valence-electron chi connectivity index (χ4n) is 6.03. The van der Waals surface area contributed by atoms with E-state index in [1.54, 1.807) is 6.20 Å². The Bertz CT molecular complexity index is 493. The molecule has 19 heavy (non-hydrogen) atoms. The van der Waals surface area contributed by atoms with E-state index in [-0.39, 0.29) is 11.5 Å². The van der Waals surface area contributed by atoms with Gasteiger partial charge in [-0.05, 0) is 55.8 Å². The van der Waals surface area contributed by atoms with Gasteiger partial charge in [0, 0.05) is 24.9 Å². The first-order valence-electron chi connectivity index (χ1n) is 7.65. The summed E-state index contributed by atoms with van der Waals surface area (Å²) in [6.45, 7) is 2.45. The molecule has 3 atom stereocenters. The largest absolute Gasteiger partial charge is 0.385 e. The van der Waals surface area contributed by atoms with Gasteiger partial charge in [-0.2, -0.15) is 0 Å². The fourth-order valence-corrected chi connectivity index (χ4v) is 6.03. The molecule has 1 heterocycles. The number of aryl methyl sites for hydroxylation is 1. The van der Waals surface area contributed by atoms with Crippen molar-refractivity contribution in [3.63, 3.8) is 0 Å². The minimum Gasteiger partial charge on any atom is -0.385 e. The second-order valence-corrected chi connectivity index (χ2v) is 7.93. The average Bonchev–Trinajstić information content (AvgIpc) is 2.71. The summed E-state index contributed by atoms with van der Waals surface area (Å²) in [7, 11) is 1.99. The van der Waals surface area contributed by atoms with Gasteiger partial charge in [-0.15, -0.1) is 0 Å². The zero-order valence-corrected chi connectivity index (χ0v) is 12.0. The van der Waals surface area contributed by atoms with Gasteiger partial charge in [0.05, 0.1) is 0 Å². The molecule has 4 saturated carbocycles. The second-order valence-electron chi connectivity index (χ2n) is 7.93. The number of hydrogen-bond acceptors (Lipinski definition) is 2. The number of hydrogen-bond donors (Lipinski definition) is 1. The maximum absolute atomic E-state index is 11.0. The predicted octanol–water partition coefficient (Wildman–Crippen LogP) is 3.06. The Balaban J connectivity index is 1.72. The van der Waals surface area contributed by atoms with E-state index in [9.17, 15) is 5.11 Å². The standard InChI is InChI=1S/C16H24N2O/c1-15-6-11-5-12(7-15)9-16(8-11,10-15)13(19)14-17-3-4-18(14)2/h3-4,11-13,19H,5-10H2,1-2H3. The first kappa shape index (κ1) is 12.0. The van der Waals surface area contributed by atoms with E-state index < -0.39 is 0 Å².